The Bertz CT molecular complexity index is 3180. The van der Waals surface area contributed by atoms with E-state index in [-0.39, 0.29) is 0 Å². The molecule has 2 nitrogen and oxygen atoms in total. The van der Waals surface area contributed by atoms with E-state index in [0.717, 1.165) is 17.1 Å². The van der Waals surface area contributed by atoms with Gasteiger partial charge in [0.1, 0.15) is 0 Å². The maximum absolute atomic E-state index is 2.41. The minimum absolute atomic E-state index is 0.339. The van der Waals surface area contributed by atoms with Crippen molar-refractivity contribution < 1.29 is 0 Å². The van der Waals surface area contributed by atoms with Gasteiger partial charge in [-0.2, -0.15) is 0 Å². The Morgan fingerprint density at radius 1 is 0.345 bits per heavy atom. The molecule has 258 valence electrons. The van der Waals surface area contributed by atoms with Crippen molar-refractivity contribution in [1.29, 1.82) is 0 Å². The van der Waals surface area contributed by atoms with E-state index in [2.05, 4.69) is 216 Å². The van der Waals surface area contributed by atoms with Crippen LogP contribution in [0.15, 0.2) is 206 Å². The minimum atomic E-state index is 0.339. The summed E-state index contributed by atoms with van der Waals surface area (Å²) in [5, 5.41) is 7.75. The van der Waals surface area contributed by atoms with Gasteiger partial charge in [-0.1, -0.05) is 54.6 Å². The van der Waals surface area contributed by atoms with Crippen LogP contribution in [0.3, 0.4) is 0 Å². The fourth-order valence-corrected chi connectivity index (χ4v) is 10.8. The second-order valence-electron chi connectivity index (χ2n) is 14.2. The van der Waals surface area contributed by atoms with Crippen LogP contribution in [0.1, 0.15) is 0 Å². The Morgan fingerprint density at radius 2 is 0.891 bits per heavy atom. The SMILES string of the molecule is c1ccc(-n2c3ccccc3c3ccc(-c4ccc(N(c5ccc(-c6ccc7c(c6)[se]c6ccccc67)cc5)c5cccc6ccccc56)cc4)cc32)cc1. The smallest absolute Gasteiger partial charge is 0.0547 e. The molecule has 0 aliphatic heterocycles. The van der Waals surface area contributed by atoms with Gasteiger partial charge in [-0.25, -0.2) is 0 Å². The fraction of sp³-hybridized carbons (Fsp3) is 0. The first kappa shape index (κ1) is 31.8. The van der Waals surface area contributed by atoms with Crippen molar-refractivity contribution in [3.8, 4) is 27.9 Å². The standard InChI is InChI=1S/C52H34N2Se/c1-2-13-40(14-3-1)54-49-18-8-6-16-44(49)45-31-25-38(33-50(45)54)35-21-27-41(28-22-35)53(48-19-10-12-37-11-4-5-15-43(37)48)42-29-23-36(24-30-42)39-26-32-47-46-17-7-9-20-51(46)55-52(47)34-39/h1-34H. The van der Waals surface area contributed by atoms with Crippen LogP contribution in [0.5, 0.6) is 0 Å². The van der Waals surface area contributed by atoms with E-state index in [1.54, 1.807) is 0 Å². The third-order valence-electron chi connectivity index (χ3n) is 11.0. The number of rotatable bonds is 6. The molecule has 2 heterocycles. The molecular weight excluding hydrogens is 732 g/mol. The van der Waals surface area contributed by atoms with Crippen LogP contribution in [0.2, 0.25) is 0 Å². The van der Waals surface area contributed by atoms with Crippen molar-refractivity contribution in [2.75, 3.05) is 4.90 Å². The molecule has 0 N–H and O–H groups in total. The zero-order valence-electron chi connectivity index (χ0n) is 29.9. The summed E-state index contributed by atoms with van der Waals surface area (Å²) in [5.41, 5.74) is 11.9. The number of nitrogens with zero attached hydrogens (tertiary/aromatic N) is 2. The van der Waals surface area contributed by atoms with Gasteiger partial charge in [0.25, 0.3) is 0 Å². The first-order valence-electron chi connectivity index (χ1n) is 18.8. The molecule has 0 aliphatic rings. The van der Waals surface area contributed by atoms with Crippen LogP contribution in [0.25, 0.3) is 79.8 Å². The average molecular weight is 766 g/mol. The molecule has 0 amide bonds. The third-order valence-corrected chi connectivity index (χ3v) is 13.4. The Hall–Kier alpha value is -6.64. The number of hydrogen-bond donors (Lipinski definition) is 0. The van der Waals surface area contributed by atoms with Gasteiger partial charge in [0.15, 0.2) is 0 Å². The van der Waals surface area contributed by atoms with Crippen LogP contribution in [0.4, 0.5) is 17.1 Å². The van der Waals surface area contributed by atoms with E-state index >= 15 is 0 Å². The van der Waals surface area contributed by atoms with Crippen LogP contribution >= 0.6 is 0 Å². The average Bonchev–Trinajstić information content (AvgIpc) is 3.80. The largest absolute Gasteiger partial charge is 0.0602 e. The number of fused-ring (bicyclic) bond motifs is 7. The summed E-state index contributed by atoms with van der Waals surface area (Å²) in [4.78, 5) is 2.40. The number of hydrogen-bond acceptors (Lipinski definition) is 1. The molecule has 55 heavy (non-hydrogen) atoms. The van der Waals surface area contributed by atoms with Crippen molar-refractivity contribution >= 4 is 83.4 Å². The maximum atomic E-state index is 2.41. The van der Waals surface area contributed by atoms with E-state index in [1.807, 2.05) is 0 Å². The summed E-state index contributed by atoms with van der Waals surface area (Å²) in [6.07, 6.45) is 0. The van der Waals surface area contributed by atoms with Crippen molar-refractivity contribution in [1.82, 2.24) is 4.57 Å². The zero-order valence-corrected chi connectivity index (χ0v) is 31.6. The molecule has 0 aliphatic carbocycles. The summed E-state index contributed by atoms with van der Waals surface area (Å²) < 4.78 is 5.33. The molecule has 3 heteroatoms. The first-order valence-corrected chi connectivity index (χ1v) is 20.5. The van der Waals surface area contributed by atoms with Crippen molar-refractivity contribution in [3.63, 3.8) is 0 Å². The molecule has 0 atom stereocenters. The van der Waals surface area contributed by atoms with Gasteiger partial charge in [-0.05, 0) is 29.8 Å². The number of para-hydroxylation sites is 2. The molecule has 0 bridgehead atoms. The topological polar surface area (TPSA) is 8.17 Å². The second kappa shape index (κ2) is 13.0. The summed E-state index contributed by atoms with van der Waals surface area (Å²) in [6, 6.07) is 75.6. The molecule has 11 aromatic rings. The summed E-state index contributed by atoms with van der Waals surface area (Å²) in [7, 11) is 0. The normalized spacial score (nSPS) is 11.6. The molecule has 9 aromatic carbocycles. The Balaban J connectivity index is 0.998. The summed E-state index contributed by atoms with van der Waals surface area (Å²) >= 11 is 0.339. The van der Waals surface area contributed by atoms with Gasteiger partial charge in [-0.3, -0.25) is 0 Å². The van der Waals surface area contributed by atoms with Crippen molar-refractivity contribution in [2.45, 2.75) is 0 Å². The Kier molecular flexibility index (Phi) is 7.55. The molecule has 0 radical (unpaired) electrons. The first-order chi connectivity index (χ1) is 27.3. The van der Waals surface area contributed by atoms with E-state index in [4.69, 9.17) is 0 Å². The number of benzene rings is 9. The molecule has 2 aromatic heterocycles. The summed E-state index contributed by atoms with van der Waals surface area (Å²) in [5.74, 6) is 0. The van der Waals surface area contributed by atoms with Crippen molar-refractivity contribution in [2.24, 2.45) is 0 Å². The van der Waals surface area contributed by atoms with Crippen LogP contribution in [-0.2, 0) is 0 Å². The van der Waals surface area contributed by atoms with E-state index in [9.17, 15) is 0 Å². The van der Waals surface area contributed by atoms with Crippen LogP contribution in [-0.4, -0.2) is 19.1 Å². The van der Waals surface area contributed by atoms with Gasteiger partial charge in [-0.15, -0.1) is 0 Å². The predicted molar refractivity (Wildman–Crippen MR) is 236 cm³/mol. The number of aromatic nitrogens is 1. The van der Waals surface area contributed by atoms with Crippen LogP contribution < -0.4 is 4.90 Å². The van der Waals surface area contributed by atoms with E-state index < -0.39 is 0 Å². The predicted octanol–water partition coefficient (Wildman–Crippen LogP) is 14.1. The quantitative estimate of drug-likeness (QED) is 0.153. The van der Waals surface area contributed by atoms with E-state index in [0.29, 0.717) is 14.5 Å². The number of anilines is 3. The van der Waals surface area contributed by atoms with Gasteiger partial charge in [0.05, 0.1) is 11.0 Å². The van der Waals surface area contributed by atoms with Gasteiger partial charge in [0, 0.05) is 16.5 Å². The molecule has 0 saturated heterocycles. The third kappa shape index (κ3) is 5.40. The fourth-order valence-electron chi connectivity index (χ4n) is 8.35. The zero-order chi connectivity index (χ0) is 36.3. The second-order valence-corrected chi connectivity index (χ2v) is 16.4. The van der Waals surface area contributed by atoms with Gasteiger partial charge < -0.3 is 4.57 Å². The summed E-state index contributed by atoms with van der Waals surface area (Å²) in [6.45, 7) is 0. The molecule has 0 saturated carbocycles. The molecule has 0 fully saturated rings. The van der Waals surface area contributed by atoms with Crippen LogP contribution in [0, 0.1) is 0 Å². The molecule has 0 unspecified atom stereocenters. The Morgan fingerprint density at radius 3 is 1.65 bits per heavy atom. The van der Waals surface area contributed by atoms with Gasteiger partial charge >= 0.3 is 211 Å². The van der Waals surface area contributed by atoms with Gasteiger partial charge in [0.2, 0.25) is 0 Å². The Labute approximate surface area is 325 Å². The van der Waals surface area contributed by atoms with Crippen molar-refractivity contribution in [3.05, 3.63) is 206 Å². The molecule has 0 spiro atoms. The molecule has 11 rings (SSSR count). The minimum Gasteiger partial charge on any atom is -0.0602 e. The maximum Gasteiger partial charge on any atom is 0.0547 e. The molecular formula is C52H34N2Se. The monoisotopic (exact) mass is 766 g/mol. The van der Waals surface area contributed by atoms with E-state index in [1.165, 1.54) is 79.8 Å².